The zero-order valence-corrected chi connectivity index (χ0v) is 11.3. The average molecular weight is 286 g/mol. The lowest BCUT2D eigenvalue weighted by Crippen LogP contribution is -2.24. The van der Waals surface area contributed by atoms with Crippen LogP contribution in [-0.2, 0) is 11.3 Å². The van der Waals surface area contributed by atoms with Gasteiger partial charge in [-0.2, -0.15) is 0 Å². The van der Waals surface area contributed by atoms with Crippen LogP contribution in [0.4, 0.5) is 0 Å². The maximum absolute atomic E-state index is 11.3. The van der Waals surface area contributed by atoms with Gasteiger partial charge in [-0.25, -0.2) is 4.68 Å². The molecule has 7 heteroatoms. The standard InChI is InChI=1S/C14H14N4O3/c19-13(20)14(5-6-14)8-18-12(15-16-17-18)10-7-21-11-4-2-1-3-9(10)11/h1-4,10H,5-8H2,(H,19,20). The Morgan fingerprint density at radius 1 is 1.43 bits per heavy atom. The topological polar surface area (TPSA) is 90.1 Å². The highest BCUT2D eigenvalue weighted by molar-refractivity contribution is 5.77. The van der Waals surface area contributed by atoms with Crippen molar-refractivity contribution in [3.8, 4) is 5.75 Å². The molecule has 0 radical (unpaired) electrons. The molecule has 7 nitrogen and oxygen atoms in total. The number of para-hydroxylation sites is 1. The van der Waals surface area contributed by atoms with Gasteiger partial charge in [-0.05, 0) is 29.3 Å². The van der Waals surface area contributed by atoms with Crippen molar-refractivity contribution in [1.29, 1.82) is 0 Å². The molecule has 0 amide bonds. The lowest BCUT2D eigenvalue weighted by Gasteiger charge is -2.13. The Balaban J connectivity index is 1.66. The number of ether oxygens (including phenoxy) is 1. The number of rotatable bonds is 4. The van der Waals surface area contributed by atoms with E-state index in [-0.39, 0.29) is 5.92 Å². The maximum Gasteiger partial charge on any atom is 0.311 e. The minimum atomic E-state index is -0.771. The number of carbonyl (C=O) groups is 1. The van der Waals surface area contributed by atoms with Crippen molar-refractivity contribution in [2.75, 3.05) is 6.61 Å². The van der Waals surface area contributed by atoms with E-state index in [0.29, 0.717) is 31.8 Å². The van der Waals surface area contributed by atoms with Crippen molar-refractivity contribution < 1.29 is 14.6 Å². The zero-order valence-electron chi connectivity index (χ0n) is 11.3. The molecule has 0 saturated heterocycles. The predicted octanol–water partition coefficient (Wildman–Crippen LogP) is 1.06. The minimum Gasteiger partial charge on any atom is -0.492 e. The van der Waals surface area contributed by atoms with Gasteiger partial charge in [-0.15, -0.1) is 5.10 Å². The Morgan fingerprint density at radius 2 is 2.24 bits per heavy atom. The van der Waals surface area contributed by atoms with E-state index < -0.39 is 11.4 Å². The molecule has 108 valence electrons. The molecule has 1 unspecified atom stereocenters. The predicted molar refractivity (Wildman–Crippen MR) is 70.9 cm³/mol. The summed E-state index contributed by atoms with van der Waals surface area (Å²) in [5.41, 5.74) is 0.358. The fraction of sp³-hybridized carbons (Fsp3) is 0.429. The summed E-state index contributed by atoms with van der Waals surface area (Å²) in [4.78, 5) is 11.3. The number of carboxylic acid groups (broad SMARTS) is 1. The quantitative estimate of drug-likeness (QED) is 0.904. The average Bonchev–Trinajstić information content (AvgIpc) is 2.94. The zero-order chi connectivity index (χ0) is 14.4. The molecule has 0 bridgehead atoms. The highest BCUT2D eigenvalue weighted by atomic mass is 16.5. The molecule has 1 aliphatic carbocycles. The van der Waals surface area contributed by atoms with Gasteiger partial charge in [0.2, 0.25) is 0 Å². The highest BCUT2D eigenvalue weighted by Gasteiger charge is 2.51. The molecule has 1 fully saturated rings. The second-order valence-corrected chi connectivity index (χ2v) is 5.68. The Kier molecular flexibility index (Phi) is 2.51. The van der Waals surface area contributed by atoms with Crippen LogP contribution in [0.25, 0.3) is 0 Å². The van der Waals surface area contributed by atoms with Crippen LogP contribution in [0, 0.1) is 5.41 Å². The van der Waals surface area contributed by atoms with Crippen molar-refractivity contribution in [2.45, 2.75) is 25.3 Å². The van der Waals surface area contributed by atoms with Crippen molar-refractivity contribution >= 4 is 5.97 Å². The molecule has 1 aromatic heterocycles. The summed E-state index contributed by atoms with van der Waals surface area (Å²) in [6.45, 7) is 0.809. The van der Waals surface area contributed by atoms with E-state index in [4.69, 9.17) is 4.74 Å². The fourth-order valence-electron chi connectivity index (χ4n) is 2.83. The number of hydrogen-bond acceptors (Lipinski definition) is 5. The number of tetrazole rings is 1. The SMILES string of the molecule is O=C(O)C1(Cn2nnnc2C2COc3ccccc32)CC1. The fourth-order valence-corrected chi connectivity index (χ4v) is 2.83. The summed E-state index contributed by atoms with van der Waals surface area (Å²) >= 11 is 0. The van der Waals surface area contributed by atoms with Crippen molar-refractivity contribution in [3.05, 3.63) is 35.7 Å². The largest absolute Gasteiger partial charge is 0.492 e. The van der Waals surface area contributed by atoms with Gasteiger partial charge in [0.15, 0.2) is 5.82 Å². The molecule has 1 N–H and O–H groups in total. The molecule has 2 aromatic rings. The lowest BCUT2D eigenvalue weighted by atomic mass is 10.00. The van der Waals surface area contributed by atoms with Gasteiger partial charge in [0.1, 0.15) is 12.4 Å². The van der Waals surface area contributed by atoms with E-state index in [0.717, 1.165) is 11.3 Å². The monoisotopic (exact) mass is 286 g/mol. The molecule has 1 aromatic carbocycles. The number of benzene rings is 1. The van der Waals surface area contributed by atoms with Crippen LogP contribution in [-0.4, -0.2) is 37.9 Å². The van der Waals surface area contributed by atoms with Crippen LogP contribution in [0.5, 0.6) is 5.75 Å². The van der Waals surface area contributed by atoms with Crippen LogP contribution in [0.3, 0.4) is 0 Å². The third kappa shape index (κ3) is 1.88. The Labute approximate surface area is 120 Å². The van der Waals surface area contributed by atoms with E-state index in [2.05, 4.69) is 15.5 Å². The van der Waals surface area contributed by atoms with Crippen LogP contribution >= 0.6 is 0 Å². The van der Waals surface area contributed by atoms with Gasteiger partial charge >= 0.3 is 5.97 Å². The van der Waals surface area contributed by atoms with Crippen molar-refractivity contribution in [2.24, 2.45) is 5.41 Å². The molecule has 4 rings (SSSR count). The van der Waals surface area contributed by atoms with Crippen molar-refractivity contribution in [1.82, 2.24) is 20.2 Å². The number of hydrogen-bond donors (Lipinski definition) is 1. The number of aromatic nitrogens is 4. The summed E-state index contributed by atoms with van der Waals surface area (Å²) in [5, 5.41) is 21.1. The van der Waals surface area contributed by atoms with E-state index >= 15 is 0 Å². The van der Waals surface area contributed by atoms with Gasteiger partial charge in [0.25, 0.3) is 0 Å². The lowest BCUT2D eigenvalue weighted by molar-refractivity contribution is -0.144. The first kappa shape index (κ1) is 12.3. The third-order valence-corrected chi connectivity index (χ3v) is 4.33. The summed E-state index contributed by atoms with van der Waals surface area (Å²) in [5.74, 6) is 0.705. The maximum atomic E-state index is 11.3. The first-order valence-corrected chi connectivity index (χ1v) is 6.91. The Bertz CT molecular complexity index is 708. The van der Waals surface area contributed by atoms with Gasteiger partial charge < -0.3 is 9.84 Å². The van der Waals surface area contributed by atoms with E-state index in [1.807, 2.05) is 24.3 Å². The molecule has 1 atom stereocenters. The minimum absolute atomic E-state index is 0.0409. The van der Waals surface area contributed by atoms with Crippen LogP contribution in [0.15, 0.2) is 24.3 Å². The summed E-state index contributed by atoms with van der Waals surface area (Å²) in [6, 6.07) is 7.79. The summed E-state index contributed by atoms with van der Waals surface area (Å²) in [6.07, 6.45) is 1.36. The molecule has 0 spiro atoms. The first-order valence-electron chi connectivity index (χ1n) is 6.91. The summed E-state index contributed by atoms with van der Waals surface area (Å²) in [7, 11) is 0. The van der Waals surface area contributed by atoms with E-state index in [1.54, 1.807) is 4.68 Å². The molecule has 1 aliphatic heterocycles. The third-order valence-electron chi connectivity index (χ3n) is 4.33. The van der Waals surface area contributed by atoms with Gasteiger partial charge in [-0.3, -0.25) is 4.79 Å². The number of aliphatic carboxylic acids is 1. The second kappa shape index (κ2) is 4.28. The molecular formula is C14H14N4O3. The highest BCUT2D eigenvalue weighted by Crippen LogP contribution is 2.48. The van der Waals surface area contributed by atoms with Gasteiger partial charge in [0, 0.05) is 5.56 Å². The van der Waals surface area contributed by atoms with Crippen LogP contribution in [0.1, 0.15) is 30.1 Å². The Morgan fingerprint density at radius 3 is 3.00 bits per heavy atom. The van der Waals surface area contributed by atoms with E-state index in [9.17, 15) is 9.90 Å². The van der Waals surface area contributed by atoms with Gasteiger partial charge in [-0.1, -0.05) is 18.2 Å². The molecule has 1 saturated carbocycles. The molecule has 2 heterocycles. The molecule has 21 heavy (non-hydrogen) atoms. The number of carboxylic acids is 1. The van der Waals surface area contributed by atoms with Crippen molar-refractivity contribution in [3.63, 3.8) is 0 Å². The van der Waals surface area contributed by atoms with Crippen LogP contribution < -0.4 is 4.74 Å². The van der Waals surface area contributed by atoms with Gasteiger partial charge in [0.05, 0.1) is 17.9 Å². The first-order chi connectivity index (χ1) is 10.2. The smallest absolute Gasteiger partial charge is 0.311 e. The second-order valence-electron chi connectivity index (χ2n) is 5.68. The number of nitrogens with zero attached hydrogens (tertiary/aromatic N) is 4. The Hall–Kier alpha value is -2.44. The van der Waals surface area contributed by atoms with E-state index in [1.165, 1.54) is 0 Å². The molecular weight excluding hydrogens is 272 g/mol. The molecule has 2 aliphatic rings. The normalized spacial score (nSPS) is 21.6. The summed E-state index contributed by atoms with van der Waals surface area (Å²) < 4.78 is 7.28. The van der Waals surface area contributed by atoms with Crippen LogP contribution in [0.2, 0.25) is 0 Å². The number of fused-ring (bicyclic) bond motifs is 1.